The molecule has 2 aromatic carbocycles. The summed E-state index contributed by atoms with van der Waals surface area (Å²) in [7, 11) is 1.94. The van der Waals surface area contributed by atoms with Crippen LogP contribution in [0.3, 0.4) is 0 Å². The summed E-state index contributed by atoms with van der Waals surface area (Å²) in [6.45, 7) is 0. The second kappa shape index (κ2) is 7.33. The average molecular weight is 513 g/mol. The lowest BCUT2D eigenvalue weighted by Crippen LogP contribution is -2.20. The zero-order chi connectivity index (χ0) is 14.7. The predicted molar refractivity (Wildman–Crippen MR) is 96.5 cm³/mol. The summed E-state index contributed by atoms with van der Waals surface area (Å²) in [6, 6.07) is 11.3. The van der Waals surface area contributed by atoms with Crippen LogP contribution in [0.1, 0.15) is 17.2 Å². The lowest BCUT2D eigenvalue weighted by molar-refractivity contribution is 0.585. The Morgan fingerprint density at radius 3 is 2.60 bits per heavy atom. The van der Waals surface area contributed by atoms with Crippen LogP contribution in [0.5, 0.6) is 0 Å². The highest BCUT2D eigenvalue weighted by Gasteiger charge is 2.15. The molecular weight excluding hydrogens is 500 g/mol. The predicted octanol–water partition coefficient (Wildman–Crippen LogP) is 5.46. The fourth-order valence-corrected chi connectivity index (χ4v) is 3.66. The largest absolute Gasteiger partial charge is 0.313 e. The van der Waals surface area contributed by atoms with Gasteiger partial charge >= 0.3 is 0 Å². The maximum Gasteiger partial charge on any atom is 0.124 e. The quantitative estimate of drug-likeness (QED) is 0.537. The summed E-state index contributed by atoms with van der Waals surface area (Å²) >= 11 is 9.28. The second-order valence-corrected chi connectivity index (χ2v) is 7.38. The lowest BCUT2D eigenvalue weighted by atomic mass is 9.99. The molecule has 1 unspecified atom stereocenters. The SMILES string of the molecule is CNC(Cc1ccc(F)cc1Br)c1cc(Br)ccc1I. The van der Waals surface area contributed by atoms with Crippen LogP contribution in [-0.2, 0) is 6.42 Å². The summed E-state index contributed by atoms with van der Waals surface area (Å²) < 4.78 is 16.2. The van der Waals surface area contributed by atoms with E-state index in [-0.39, 0.29) is 11.9 Å². The molecule has 0 radical (unpaired) electrons. The molecule has 0 saturated carbocycles. The minimum absolute atomic E-state index is 0.182. The average Bonchev–Trinajstić information content (AvgIpc) is 2.41. The molecule has 20 heavy (non-hydrogen) atoms. The second-order valence-electron chi connectivity index (χ2n) is 4.45. The van der Waals surface area contributed by atoms with E-state index in [1.807, 2.05) is 19.2 Å². The molecule has 1 atom stereocenters. The van der Waals surface area contributed by atoms with Gasteiger partial charge in [0, 0.05) is 18.6 Å². The molecule has 0 aliphatic rings. The maximum absolute atomic E-state index is 13.2. The van der Waals surface area contributed by atoms with Crippen LogP contribution in [0.25, 0.3) is 0 Å². The standard InChI is InChI=1S/C15H13Br2FIN/c1-20-15(12-7-10(16)3-5-14(12)19)6-9-2-4-11(18)8-13(9)17/h2-5,7-8,15,20H,6H2,1H3. The van der Waals surface area contributed by atoms with Crippen LogP contribution in [0.15, 0.2) is 45.3 Å². The number of halogens is 4. The van der Waals surface area contributed by atoms with Crippen LogP contribution in [0.2, 0.25) is 0 Å². The molecule has 0 aliphatic carbocycles. The molecule has 0 heterocycles. The van der Waals surface area contributed by atoms with Gasteiger partial charge in [-0.15, -0.1) is 0 Å². The van der Waals surface area contributed by atoms with Crippen molar-refractivity contribution in [2.24, 2.45) is 0 Å². The van der Waals surface area contributed by atoms with Gasteiger partial charge in [0.1, 0.15) is 5.82 Å². The molecule has 1 N–H and O–H groups in total. The number of hydrogen-bond donors (Lipinski definition) is 1. The van der Waals surface area contributed by atoms with Gasteiger partial charge in [0.2, 0.25) is 0 Å². The van der Waals surface area contributed by atoms with Gasteiger partial charge in [0.15, 0.2) is 0 Å². The van der Waals surface area contributed by atoms with Gasteiger partial charge in [-0.2, -0.15) is 0 Å². The van der Waals surface area contributed by atoms with Crippen LogP contribution in [0.4, 0.5) is 4.39 Å². The van der Waals surface area contributed by atoms with Crippen molar-refractivity contribution in [3.63, 3.8) is 0 Å². The third-order valence-electron chi connectivity index (χ3n) is 3.12. The molecule has 1 nitrogen and oxygen atoms in total. The molecule has 0 saturated heterocycles. The van der Waals surface area contributed by atoms with E-state index >= 15 is 0 Å². The lowest BCUT2D eigenvalue weighted by Gasteiger charge is -2.19. The topological polar surface area (TPSA) is 12.0 Å². The van der Waals surface area contributed by atoms with Gasteiger partial charge in [-0.3, -0.25) is 0 Å². The Kier molecular flexibility index (Phi) is 6.01. The minimum Gasteiger partial charge on any atom is -0.313 e. The van der Waals surface area contributed by atoms with Crippen LogP contribution < -0.4 is 5.32 Å². The Morgan fingerprint density at radius 1 is 1.20 bits per heavy atom. The fourth-order valence-electron chi connectivity index (χ4n) is 2.06. The van der Waals surface area contributed by atoms with Crippen molar-refractivity contribution in [3.05, 3.63) is 65.9 Å². The molecule has 0 bridgehead atoms. The van der Waals surface area contributed by atoms with Gasteiger partial charge < -0.3 is 5.32 Å². The summed E-state index contributed by atoms with van der Waals surface area (Å²) in [4.78, 5) is 0. The molecule has 0 fully saturated rings. The zero-order valence-corrected chi connectivity index (χ0v) is 16.1. The summed E-state index contributed by atoms with van der Waals surface area (Å²) in [5.74, 6) is -0.223. The van der Waals surface area contributed by atoms with Crippen LogP contribution in [-0.4, -0.2) is 7.05 Å². The molecule has 2 rings (SSSR count). The Morgan fingerprint density at radius 2 is 1.95 bits per heavy atom. The third-order valence-corrected chi connectivity index (χ3v) is 5.33. The van der Waals surface area contributed by atoms with E-state index in [1.165, 1.54) is 21.3 Å². The van der Waals surface area contributed by atoms with Gasteiger partial charge in [-0.05, 0) is 77.5 Å². The molecule has 0 aromatic heterocycles. The Hall–Kier alpha value is 0.0200. The Balaban J connectivity index is 2.31. The van der Waals surface area contributed by atoms with E-state index in [9.17, 15) is 4.39 Å². The van der Waals surface area contributed by atoms with Crippen molar-refractivity contribution in [3.8, 4) is 0 Å². The molecule has 0 amide bonds. The smallest absolute Gasteiger partial charge is 0.124 e. The van der Waals surface area contributed by atoms with Crippen molar-refractivity contribution in [1.82, 2.24) is 5.32 Å². The minimum atomic E-state index is -0.223. The number of nitrogens with one attached hydrogen (secondary N) is 1. The van der Waals surface area contributed by atoms with Crippen molar-refractivity contribution in [2.45, 2.75) is 12.5 Å². The first-order valence-electron chi connectivity index (χ1n) is 6.07. The molecule has 2 aromatic rings. The Bertz CT molecular complexity index is 619. The van der Waals surface area contributed by atoms with E-state index in [0.29, 0.717) is 0 Å². The first-order chi connectivity index (χ1) is 9.51. The van der Waals surface area contributed by atoms with Crippen molar-refractivity contribution < 1.29 is 4.39 Å². The van der Waals surface area contributed by atoms with Crippen molar-refractivity contribution >= 4 is 54.5 Å². The van der Waals surface area contributed by atoms with Crippen molar-refractivity contribution in [1.29, 1.82) is 0 Å². The van der Waals surface area contributed by atoms with Gasteiger partial charge in [0.25, 0.3) is 0 Å². The first-order valence-corrected chi connectivity index (χ1v) is 8.74. The summed E-state index contributed by atoms with van der Waals surface area (Å²) in [6.07, 6.45) is 0.795. The highest BCUT2D eigenvalue weighted by atomic mass is 127. The van der Waals surface area contributed by atoms with E-state index in [2.05, 4.69) is 71.9 Å². The third kappa shape index (κ3) is 4.02. The molecule has 0 spiro atoms. The monoisotopic (exact) mass is 511 g/mol. The molecular formula is C15H13Br2FIN. The maximum atomic E-state index is 13.2. The summed E-state index contributed by atoms with van der Waals surface area (Å²) in [5.41, 5.74) is 2.32. The number of rotatable bonds is 4. The normalized spacial score (nSPS) is 12.4. The van der Waals surface area contributed by atoms with E-state index < -0.39 is 0 Å². The van der Waals surface area contributed by atoms with Crippen LogP contribution >= 0.6 is 54.5 Å². The number of hydrogen-bond acceptors (Lipinski definition) is 1. The Labute approximate surface area is 148 Å². The van der Waals surface area contributed by atoms with E-state index in [4.69, 9.17) is 0 Å². The zero-order valence-electron chi connectivity index (χ0n) is 10.8. The van der Waals surface area contributed by atoms with Gasteiger partial charge in [-0.1, -0.05) is 37.9 Å². The molecule has 0 aliphatic heterocycles. The van der Waals surface area contributed by atoms with E-state index in [1.54, 1.807) is 0 Å². The first kappa shape index (κ1) is 16.4. The van der Waals surface area contributed by atoms with Crippen LogP contribution in [0, 0.1) is 9.39 Å². The van der Waals surface area contributed by atoms with Gasteiger partial charge in [0.05, 0.1) is 0 Å². The highest BCUT2D eigenvalue weighted by Crippen LogP contribution is 2.29. The molecule has 5 heteroatoms. The number of likely N-dealkylation sites (N-methyl/N-ethyl adjacent to an activating group) is 1. The highest BCUT2D eigenvalue weighted by molar-refractivity contribution is 14.1. The van der Waals surface area contributed by atoms with Crippen molar-refractivity contribution in [2.75, 3.05) is 7.05 Å². The fraction of sp³-hybridized carbons (Fsp3) is 0.200. The number of benzene rings is 2. The molecule has 106 valence electrons. The van der Waals surface area contributed by atoms with E-state index in [0.717, 1.165) is 20.9 Å². The summed E-state index contributed by atoms with van der Waals surface area (Å²) in [5, 5.41) is 3.34. The van der Waals surface area contributed by atoms with Gasteiger partial charge in [-0.25, -0.2) is 4.39 Å².